The number of nitrogens with two attached hydrogens (primary N) is 2. The second kappa shape index (κ2) is 35.0. The molecule has 0 atom stereocenters. The number of aromatic nitrogens is 7. The number of rotatable bonds is 30. The number of fused-ring (bicyclic) bond motifs is 6. The molecule has 0 spiro atoms. The molecule has 1 aliphatic rings. The molecule has 0 fully saturated rings. The van der Waals surface area contributed by atoms with Crippen molar-refractivity contribution in [3.05, 3.63) is 77.9 Å². The van der Waals surface area contributed by atoms with E-state index in [1.165, 1.54) is 6.21 Å². The zero-order chi connectivity index (χ0) is 52.4. The molecule has 3 amide bonds. The Labute approximate surface area is 443 Å². The van der Waals surface area contributed by atoms with Crippen molar-refractivity contribution in [1.82, 2.24) is 50.9 Å². The van der Waals surface area contributed by atoms with Crippen LogP contribution in [-0.2, 0) is 68.9 Å². The number of hydrazone groups is 1. The van der Waals surface area contributed by atoms with Gasteiger partial charge in [0.2, 0.25) is 0 Å². The maximum absolute atomic E-state index is 13.6. The molecule has 2 aromatic carbocycles. The SMILES string of the molecule is NCCOCCOCCOCCN=C/C(COCC1(NC(=O)NCCOCCOCCOCCNC(=O)c2cccc3cc4ccccc4nc23)COCc2cn(nn2)CCSSCCn2cc(nn2)COC1)=N\N. The molecule has 75 heavy (non-hydrogen) atoms. The molecule has 0 radical (unpaired) electrons. The maximum Gasteiger partial charge on any atom is 0.315 e. The lowest BCUT2D eigenvalue weighted by molar-refractivity contribution is -0.0375. The number of nitrogens with zero attached hydrogens (tertiary/aromatic N) is 9. The van der Waals surface area contributed by atoms with Crippen molar-refractivity contribution in [3.63, 3.8) is 0 Å². The van der Waals surface area contributed by atoms with Gasteiger partial charge in [0.1, 0.15) is 22.6 Å². The van der Waals surface area contributed by atoms with Crippen molar-refractivity contribution >= 4 is 67.3 Å². The molecule has 0 saturated heterocycles. The van der Waals surface area contributed by atoms with Crippen LogP contribution in [0.5, 0.6) is 0 Å². The van der Waals surface area contributed by atoms with Crippen molar-refractivity contribution in [2.45, 2.75) is 31.8 Å². The highest BCUT2D eigenvalue weighted by Crippen LogP contribution is 2.23. The second-order valence-corrected chi connectivity index (χ2v) is 19.4. The summed E-state index contributed by atoms with van der Waals surface area (Å²) < 4.78 is 55.5. The quantitative estimate of drug-likeness (QED) is 0.0109. The fourth-order valence-electron chi connectivity index (χ4n) is 7.09. The number of nitrogens with one attached hydrogen (secondary N) is 3. The predicted octanol–water partition coefficient (Wildman–Crippen LogP) is 1.63. The fraction of sp³-hybridized carbons (Fsp3) is 0.562. The normalized spacial score (nSPS) is 14.9. The van der Waals surface area contributed by atoms with Crippen LogP contribution in [0.2, 0.25) is 0 Å². The number of carbonyl (C=O) groups is 2. The highest BCUT2D eigenvalue weighted by molar-refractivity contribution is 8.76. The van der Waals surface area contributed by atoms with Gasteiger partial charge in [-0.1, -0.05) is 62.3 Å². The van der Waals surface area contributed by atoms with E-state index in [-0.39, 0.29) is 58.7 Å². The van der Waals surface area contributed by atoms with Crippen molar-refractivity contribution in [2.24, 2.45) is 21.7 Å². The number of benzene rings is 2. The lowest BCUT2D eigenvalue weighted by Gasteiger charge is -2.34. The van der Waals surface area contributed by atoms with Gasteiger partial charge in [-0.2, -0.15) is 5.10 Å². The fourth-order valence-corrected chi connectivity index (χ4v) is 9.01. The molecule has 410 valence electrons. The van der Waals surface area contributed by atoms with Crippen LogP contribution in [0, 0.1) is 0 Å². The van der Waals surface area contributed by atoms with E-state index in [1.807, 2.05) is 54.9 Å². The third-order valence-corrected chi connectivity index (χ3v) is 13.1. The maximum atomic E-state index is 13.6. The molecule has 5 aromatic rings. The summed E-state index contributed by atoms with van der Waals surface area (Å²) >= 11 is 0. The highest BCUT2D eigenvalue weighted by Gasteiger charge is 2.34. The number of hydrogen-bond acceptors (Lipinski definition) is 22. The number of aliphatic imine (C=N–C) groups is 1. The van der Waals surface area contributed by atoms with E-state index >= 15 is 0 Å². The van der Waals surface area contributed by atoms with Crippen molar-refractivity contribution < 1.29 is 52.2 Å². The first kappa shape index (κ1) is 58.8. The van der Waals surface area contributed by atoms with Gasteiger partial charge in [-0.3, -0.25) is 19.2 Å². The first-order valence-corrected chi connectivity index (χ1v) is 27.2. The molecule has 3 aromatic heterocycles. The predicted molar refractivity (Wildman–Crippen MR) is 285 cm³/mol. The Morgan fingerprint density at radius 3 is 1.95 bits per heavy atom. The third kappa shape index (κ3) is 22.4. The summed E-state index contributed by atoms with van der Waals surface area (Å²) in [6.45, 7) is 7.21. The van der Waals surface area contributed by atoms with Gasteiger partial charge in [-0.15, -0.1) is 10.2 Å². The van der Waals surface area contributed by atoms with Crippen LogP contribution in [0.15, 0.2) is 71.0 Å². The minimum absolute atomic E-state index is 0.0340. The van der Waals surface area contributed by atoms with E-state index < -0.39 is 11.6 Å². The molecule has 25 nitrogen and oxygen atoms in total. The Morgan fingerprint density at radius 1 is 0.720 bits per heavy atom. The standard InChI is InChI=1S/C48H70N14O11S2/c49-8-14-65-18-22-69-23-19-66-15-9-51-29-40(56-50)32-71-35-48(36-72-33-41-30-61(59-57-41)12-26-74-75-27-13-62-31-42(58-60-62)34-73-37-48)55-47(64)53-11-17-68-21-25-70-24-20-67-16-10-52-46(63)43-6-3-5-39-28-38-4-1-2-7-44(38)54-45(39)43/h1-7,28-31H,8-27,32-37,49-50H2,(H,52,63)(H2,53,55,64)/b51-29?,56-40+. The Balaban J connectivity index is 0.921. The zero-order valence-electron chi connectivity index (χ0n) is 42.2. The summed E-state index contributed by atoms with van der Waals surface area (Å²) in [5.41, 5.74) is 7.78. The number of carbonyl (C=O) groups excluding carboxylic acids is 2. The second-order valence-electron chi connectivity index (χ2n) is 16.7. The lowest BCUT2D eigenvalue weighted by atomic mass is 10.0. The molecular formula is C48H70N14O11S2. The first-order chi connectivity index (χ1) is 36.9. The molecule has 0 unspecified atom stereocenters. The number of urea groups is 1. The van der Waals surface area contributed by atoms with Crippen molar-refractivity contribution in [2.75, 3.05) is 143 Å². The molecule has 0 aliphatic carbocycles. The zero-order valence-corrected chi connectivity index (χ0v) is 43.9. The van der Waals surface area contributed by atoms with Gasteiger partial charge in [-0.05, 0) is 18.2 Å². The van der Waals surface area contributed by atoms with Crippen molar-refractivity contribution in [1.29, 1.82) is 0 Å². The Kier molecular flexibility index (Phi) is 27.5. The van der Waals surface area contributed by atoms with Gasteiger partial charge < -0.3 is 70.2 Å². The van der Waals surface area contributed by atoms with E-state index in [0.29, 0.717) is 134 Å². The number of pyridine rings is 1. The van der Waals surface area contributed by atoms with E-state index in [9.17, 15) is 9.59 Å². The summed E-state index contributed by atoms with van der Waals surface area (Å²) in [5.74, 6) is 7.18. The Hall–Kier alpha value is -5.43. The summed E-state index contributed by atoms with van der Waals surface area (Å²) in [6.07, 6.45) is 5.19. The summed E-state index contributed by atoms with van der Waals surface area (Å²) in [6, 6.07) is 14.9. The van der Waals surface area contributed by atoms with Crippen molar-refractivity contribution in [3.8, 4) is 0 Å². The number of aryl methyl sites for hydroxylation is 2. The number of hydrogen-bond donors (Lipinski definition) is 5. The van der Waals surface area contributed by atoms with Gasteiger partial charge in [0.25, 0.3) is 5.91 Å². The Morgan fingerprint density at radius 2 is 1.31 bits per heavy atom. The van der Waals surface area contributed by atoms with Crippen LogP contribution in [-0.4, -0.2) is 208 Å². The molecular weight excluding hydrogens is 1010 g/mol. The molecule has 4 heterocycles. The van der Waals surface area contributed by atoms with E-state index in [1.54, 1.807) is 37.0 Å². The van der Waals surface area contributed by atoms with Gasteiger partial charge in [0.15, 0.2) is 0 Å². The van der Waals surface area contributed by atoms with Crippen LogP contribution < -0.4 is 27.5 Å². The van der Waals surface area contributed by atoms with Crippen LogP contribution in [0.25, 0.3) is 21.8 Å². The first-order valence-electron chi connectivity index (χ1n) is 24.7. The summed E-state index contributed by atoms with van der Waals surface area (Å²) in [4.78, 5) is 35.7. The molecule has 4 bridgehead atoms. The molecule has 27 heteroatoms. The Bertz CT molecular complexity index is 2430. The molecule has 1 aliphatic heterocycles. The van der Waals surface area contributed by atoms with Gasteiger partial charge in [0.05, 0.1) is 168 Å². The third-order valence-electron chi connectivity index (χ3n) is 10.7. The smallest absolute Gasteiger partial charge is 0.315 e. The molecule has 6 rings (SSSR count). The van der Waals surface area contributed by atoms with Gasteiger partial charge in [0, 0.05) is 48.1 Å². The van der Waals surface area contributed by atoms with Gasteiger partial charge in [-0.25, -0.2) is 9.78 Å². The van der Waals surface area contributed by atoms with E-state index in [4.69, 9.17) is 59.2 Å². The van der Waals surface area contributed by atoms with E-state index in [2.05, 4.69) is 46.7 Å². The summed E-state index contributed by atoms with van der Waals surface area (Å²) in [5, 5.41) is 31.6. The van der Waals surface area contributed by atoms with E-state index in [0.717, 1.165) is 27.8 Å². The number of ether oxygens (including phenoxy) is 9. The van der Waals surface area contributed by atoms with Gasteiger partial charge >= 0.3 is 6.03 Å². The van der Waals surface area contributed by atoms with Crippen LogP contribution in [0.4, 0.5) is 4.79 Å². The average Bonchev–Trinajstić information content (AvgIpc) is 4.08. The lowest BCUT2D eigenvalue weighted by Crippen LogP contribution is -2.61. The monoisotopic (exact) mass is 1080 g/mol. The minimum Gasteiger partial charge on any atom is -0.378 e. The minimum atomic E-state index is -1.23. The topological polar surface area (TPSA) is 304 Å². The van der Waals surface area contributed by atoms with Crippen LogP contribution in [0.3, 0.4) is 0 Å². The number of para-hydroxylation sites is 2. The number of amides is 3. The molecule has 0 saturated carbocycles. The molecule has 7 N–H and O–H groups in total. The summed E-state index contributed by atoms with van der Waals surface area (Å²) in [7, 11) is 3.49. The average molecular weight is 1080 g/mol. The van der Waals surface area contributed by atoms with Crippen LogP contribution >= 0.6 is 21.6 Å². The highest BCUT2D eigenvalue weighted by atomic mass is 33.1. The largest absolute Gasteiger partial charge is 0.378 e. The van der Waals surface area contributed by atoms with Crippen LogP contribution in [0.1, 0.15) is 21.7 Å².